The van der Waals surface area contributed by atoms with Crippen molar-refractivity contribution in [1.29, 1.82) is 0 Å². The molecule has 0 aliphatic heterocycles. The minimum atomic E-state index is -0.147. The summed E-state index contributed by atoms with van der Waals surface area (Å²) in [6, 6.07) is 17.5. The first-order valence-corrected chi connectivity index (χ1v) is 7.59. The Morgan fingerprint density at radius 3 is 2.70 bits per heavy atom. The Morgan fingerprint density at radius 2 is 1.91 bits per heavy atom. The third-order valence-corrected chi connectivity index (χ3v) is 3.58. The molecule has 0 bridgehead atoms. The number of nitrogens with zero attached hydrogens (tertiary/aromatic N) is 3. The zero-order chi connectivity index (χ0) is 16.1. The Labute approximate surface area is 134 Å². The SMILES string of the molecule is CCn1c(C=NNC(=O)Cc2ccccc2)nc2ccccc21. The van der Waals surface area contributed by atoms with Crippen molar-refractivity contribution in [1.82, 2.24) is 15.0 Å². The van der Waals surface area contributed by atoms with Gasteiger partial charge in [0.25, 0.3) is 0 Å². The fourth-order valence-corrected chi connectivity index (χ4v) is 2.51. The summed E-state index contributed by atoms with van der Waals surface area (Å²) >= 11 is 0. The Kier molecular flexibility index (Phi) is 4.47. The van der Waals surface area contributed by atoms with Crippen LogP contribution in [0.25, 0.3) is 11.0 Å². The van der Waals surface area contributed by atoms with E-state index in [0.29, 0.717) is 6.42 Å². The third kappa shape index (κ3) is 3.45. The first-order chi connectivity index (χ1) is 11.3. The summed E-state index contributed by atoms with van der Waals surface area (Å²) in [5.74, 6) is 0.584. The number of para-hydroxylation sites is 2. The average Bonchev–Trinajstić information content (AvgIpc) is 2.93. The molecule has 0 aliphatic carbocycles. The molecule has 0 fully saturated rings. The van der Waals surface area contributed by atoms with Gasteiger partial charge in [-0.15, -0.1) is 0 Å². The summed E-state index contributed by atoms with van der Waals surface area (Å²) < 4.78 is 2.06. The summed E-state index contributed by atoms with van der Waals surface area (Å²) in [4.78, 5) is 16.4. The van der Waals surface area contributed by atoms with Crippen molar-refractivity contribution < 1.29 is 4.79 Å². The van der Waals surface area contributed by atoms with E-state index in [4.69, 9.17) is 0 Å². The molecule has 0 radical (unpaired) electrons. The summed E-state index contributed by atoms with van der Waals surface area (Å²) in [6.07, 6.45) is 1.90. The second-order valence-electron chi connectivity index (χ2n) is 5.16. The highest BCUT2D eigenvalue weighted by Crippen LogP contribution is 2.14. The van der Waals surface area contributed by atoms with Crippen LogP contribution in [0.2, 0.25) is 0 Å². The molecule has 2 aromatic carbocycles. The first-order valence-electron chi connectivity index (χ1n) is 7.59. The van der Waals surface area contributed by atoms with Crippen LogP contribution in [0.5, 0.6) is 0 Å². The van der Waals surface area contributed by atoms with Crippen LogP contribution in [0.3, 0.4) is 0 Å². The Hall–Kier alpha value is -2.95. The van der Waals surface area contributed by atoms with E-state index < -0.39 is 0 Å². The number of nitrogens with one attached hydrogen (secondary N) is 1. The average molecular weight is 306 g/mol. The Bertz CT molecular complexity index is 837. The molecule has 0 unspecified atom stereocenters. The Morgan fingerprint density at radius 1 is 1.17 bits per heavy atom. The molecule has 1 heterocycles. The lowest BCUT2D eigenvalue weighted by atomic mass is 10.1. The van der Waals surface area contributed by atoms with Crippen molar-refractivity contribution in [3.8, 4) is 0 Å². The van der Waals surface area contributed by atoms with E-state index in [1.807, 2.05) is 54.6 Å². The van der Waals surface area contributed by atoms with Gasteiger partial charge in [0.05, 0.1) is 23.7 Å². The van der Waals surface area contributed by atoms with Crippen LogP contribution >= 0.6 is 0 Å². The lowest BCUT2D eigenvalue weighted by molar-refractivity contribution is -0.120. The molecule has 0 atom stereocenters. The van der Waals surface area contributed by atoms with Gasteiger partial charge in [0.1, 0.15) is 0 Å². The number of rotatable bonds is 5. The molecule has 3 rings (SSSR count). The number of fused-ring (bicyclic) bond motifs is 1. The highest BCUT2D eigenvalue weighted by molar-refractivity contribution is 5.86. The van der Waals surface area contributed by atoms with Crippen LogP contribution < -0.4 is 5.43 Å². The quantitative estimate of drug-likeness (QED) is 0.582. The highest BCUT2D eigenvalue weighted by atomic mass is 16.2. The minimum Gasteiger partial charge on any atom is -0.323 e. The molecular weight excluding hydrogens is 288 g/mol. The van der Waals surface area contributed by atoms with E-state index in [-0.39, 0.29) is 5.91 Å². The van der Waals surface area contributed by atoms with Gasteiger partial charge < -0.3 is 4.57 Å². The van der Waals surface area contributed by atoms with Gasteiger partial charge in [0.2, 0.25) is 5.91 Å². The van der Waals surface area contributed by atoms with Gasteiger partial charge in [-0.3, -0.25) is 4.79 Å². The maximum absolute atomic E-state index is 11.9. The number of imidazole rings is 1. The number of carbonyl (C=O) groups is 1. The summed E-state index contributed by atoms with van der Waals surface area (Å²) in [5.41, 5.74) is 5.50. The van der Waals surface area contributed by atoms with Gasteiger partial charge in [-0.1, -0.05) is 42.5 Å². The van der Waals surface area contributed by atoms with Crippen molar-refractivity contribution in [2.75, 3.05) is 0 Å². The highest BCUT2D eigenvalue weighted by Gasteiger charge is 2.07. The number of amides is 1. The van der Waals surface area contributed by atoms with E-state index in [1.165, 1.54) is 0 Å². The number of hydrogen-bond acceptors (Lipinski definition) is 3. The number of aromatic nitrogens is 2. The maximum atomic E-state index is 11.9. The minimum absolute atomic E-state index is 0.147. The third-order valence-electron chi connectivity index (χ3n) is 3.58. The lowest BCUT2D eigenvalue weighted by Crippen LogP contribution is -2.20. The molecule has 0 spiro atoms. The van der Waals surface area contributed by atoms with Gasteiger partial charge in [-0.05, 0) is 24.6 Å². The molecule has 0 aliphatic rings. The van der Waals surface area contributed by atoms with E-state index in [0.717, 1.165) is 29.0 Å². The topological polar surface area (TPSA) is 59.3 Å². The molecular formula is C18H18N4O. The zero-order valence-electron chi connectivity index (χ0n) is 12.9. The van der Waals surface area contributed by atoms with Crippen molar-refractivity contribution >= 4 is 23.2 Å². The van der Waals surface area contributed by atoms with Crippen molar-refractivity contribution in [3.05, 3.63) is 66.0 Å². The van der Waals surface area contributed by atoms with Crippen LogP contribution in [0.1, 0.15) is 18.3 Å². The van der Waals surface area contributed by atoms with Crippen molar-refractivity contribution in [2.24, 2.45) is 5.10 Å². The molecule has 5 heteroatoms. The predicted molar refractivity (Wildman–Crippen MR) is 91.3 cm³/mol. The summed E-state index contributed by atoms with van der Waals surface area (Å²) in [6.45, 7) is 2.85. The molecule has 1 N–H and O–H groups in total. The van der Waals surface area contributed by atoms with Crippen LogP contribution in [0.15, 0.2) is 59.7 Å². The predicted octanol–water partition coefficient (Wildman–Crippen LogP) is 2.75. The normalized spacial score (nSPS) is 11.2. The van der Waals surface area contributed by atoms with Gasteiger partial charge in [-0.25, -0.2) is 10.4 Å². The Balaban J connectivity index is 1.69. The second kappa shape index (κ2) is 6.87. The standard InChI is InChI=1S/C18H18N4O/c1-2-22-16-11-7-6-10-15(16)20-17(22)13-19-21-18(23)12-14-8-4-3-5-9-14/h3-11,13H,2,12H2,1H3,(H,21,23). The van der Waals surface area contributed by atoms with Gasteiger partial charge in [0.15, 0.2) is 5.82 Å². The van der Waals surface area contributed by atoms with Gasteiger partial charge in [0, 0.05) is 6.54 Å². The van der Waals surface area contributed by atoms with Crippen molar-refractivity contribution in [3.63, 3.8) is 0 Å². The fourth-order valence-electron chi connectivity index (χ4n) is 2.51. The fraction of sp³-hybridized carbons (Fsp3) is 0.167. The molecule has 3 aromatic rings. The smallest absolute Gasteiger partial charge is 0.244 e. The second-order valence-corrected chi connectivity index (χ2v) is 5.16. The zero-order valence-corrected chi connectivity index (χ0v) is 12.9. The first kappa shape index (κ1) is 15.0. The molecule has 1 aromatic heterocycles. The number of carbonyl (C=O) groups excluding carboxylic acids is 1. The summed E-state index contributed by atoms with van der Waals surface area (Å²) in [5, 5.41) is 4.03. The lowest BCUT2D eigenvalue weighted by Gasteiger charge is -2.02. The number of aryl methyl sites for hydroxylation is 1. The van der Waals surface area contributed by atoms with Crippen LogP contribution in [-0.4, -0.2) is 21.7 Å². The largest absolute Gasteiger partial charge is 0.323 e. The van der Waals surface area contributed by atoms with Crippen LogP contribution in [0.4, 0.5) is 0 Å². The van der Waals surface area contributed by atoms with Crippen LogP contribution in [0, 0.1) is 0 Å². The summed E-state index contributed by atoms with van der Waals surface area (Å²) in [7, 11) is 0. The van der Waals surface area contributed by atoms with E-state index in [2.05, 4.69) is 27.0 Å². The monoisotopic (exact) mass is 306 g/mol. The molecule has 1 amide bonds. The molecule has 0 saturated carbocycles. The van der Waals surface area contributed by atoms with E-state index >= 15 is 0 Å². The molecule has 116 valence electrons. The van der Waals surface area contributed by atoms with Gasteiger partial charge in [-0.2, -0.15) is 5.10 Å². The van der Waals surface area contributed by atoms with E-state index in [9.17, 15) is 4.79 Å². The number of hydrazone groups is 1. The molecule has 5 nitrogen and oxygen atoms in total. The maximum Gasteiger partial charge on any atom is 0.244 e. The van der Waals surface area contributed by atoms with Crippen molar-refractivity contribution in [2.45, 2.75) is 19.9 Å². The molecule has 23 heavy (non-hydrogen) atoms. The van der Waals surface area contributed by atoms with Crippen LogP contribution in [-0.2, 0) is 17.8 Å². The van der Waals surface area contributed by atoms with E-state index in [1.54, 1.807) is 6.21 Å². The number of benzene rings is 2. The number of hydrogen-bond donors (Lipinski definition) is 1. The molecule has 0 saturated heterocycles. The van der Waals surface area contributed by atoms with Gasteiger partial charge >= 0.3 is 0 Å².